The lowest BCUT2D eigenvalue weighted by Gasteiger charge is -2.13. The highest BCUT2D eigenvalue weighted by molar-refractivity contribution is 6.06. The molecule has 1 aliphatic rings. The molecule has 0 radical (unpaired) electrons. The maximum atomic E-state index is 12.9. The molecular formula is C21H20N2O2. The molecule has 25 heavy (non-hydrogen) atoms. The van der Waals surface area contributed by atoms with E-state index in [0.29, 0.717) is 5.39 Å². The van der Waals surface area contributed by atoms with Gasteiger partial charge in [0.2, 0.25) is 5.43 Å². The Bertz CT molecular complexity index is 1050. The van der Waals surface area contributed by atoms with Crippen molar-refractivity contribution in [3.63, 3.8) is 0 Å². The summed E-state index contributed by atoms with van der Waals surface area (Å²) in [5.41, 5.74) is 3.95. The standard InChI is InChI=1S/C21H20N2O2/c1-3-14-7-4-5-10-18(14)22-21(25)17-12-23-13(2)11-15-8-6-9-16(19(15)23)20(17)24/h4-10,12-13H,3,11H2,1-2H3,(H,22,25)/t13-/m0/s1. The molecule has 0 saturated carbocycles. The molecule has 0 aliphatic carbocycles. The zero-order valence-corrected chi connectivity index (χ0v) is 14.4. The normalized spacial score (nSPS) is 15.5. The number of nitrogens with one attached hydrogen (secondary N) is 1. The van der Waals surface area contributed by atoms with E-state index < -0.39 is 0 Å². The number of carbonyl (C=O) groups is 1. The number of aryl methyl sites for hydroxylation is 1. The Kier molecular flexibility index (Phi) is 3.68. The number of nitrogens with zero attached hydrogens (tertiary/aromatic N) is 1. The van der Waals surface area contributed by atoms with Crippen LogP contribution in [0.5, 0.6) is 0 Å². The number of hydrogen-bond acceptors (Lipinski definition) is 2. The van der Waals surface area contributed by atoms with Crippen LogP contribution >= 0.6 is 0 Å². The molecule has 0 saturated heterocycles. The van der Waals surface area contributed by atoms with E-state index in [1.54, 1.807) is 6.20 Å². The van der Waals surface area contributed by atoms with E-state index >= 15 is 0 Å². The predicted octanol–water partition coefficient (Wildman–Crippen LogP) is 3.93. The largest absolute Gasteiger partial charge is 0.343 e. The third-order valence-corrected chi connectivity index (χ3v) is 5.02. The van der Waals surface area contributed by atoms with Crippen LogP contribution < -0.4 is 10.7 Å². The molecule has 1 amide bonds. The number of aromatic nitrogens is 1. The lowest BCUT2D eigenvalue weighted by molar-refractivity contribution is 0.102. The first-order valence-electron chi connectivity index (χ1n) is 8.66. The van der Waals surface area contributed by atoms with E-state index in [-0.39, 0.29) is 22.9 Å². The van der Waals surface area contributed by atoms with E-state index in [4.69, 9.17) is 0 Å². The van der Waals surface area contributed by atoms with Gasteiger partial charge >= 0.3 is 0 Å². The first-order valence-corrected chi connectivity index (χ1v) is 8.66. The fourth-order valence-electron chi connectivity index (χ4n) is 3.72. The second kappa shape index (κ2) is 5.88. The van der Waals surface area contributed by atoms with E-state index in [2.05, 4.69) is 22.9 Å². The maximum absolute atomic E-state index is 12.9. The molecule has 1 N–H and O–H groups in total. The van der Waals surface area contributed by atoms with Crippen molar-refractivity contribution in [1.82, 2.24) is 4.57 Å². The highest BCUT2D eigenvalue weighted by Crippen LogP contribution is 2.31. The Morgan fingerprint density at radius 3 is 2.80 bits per heavy atom. The summed E-state index contributed by atoms with van der Waals surface area (Å²) < 4.78 is 2.06. The molecule has 3 aromatic rings. The second-order valence-corrected chi connectivity index (χ2v) is 6.61. The van der Waals surface area contributed by atoms with Gasteiger partial charge in [-0.05, 0) is 43.0 Å². The van der Waals surface area contributed by atoms with Crippen LogP contribution in [0.25, 0.3) is 10.9 Å². The summed E-state index contributed by atoms with van der Waals surface area (Å²) in [6.45, 7) is 4.15. The van der Waals surface area contributed by atoms with Crippen molar-refractivity contribution >= 4 is 22.5 Å². The molecule has 126 valence electrons. The Balaban J connectivity index is 1.82. The monoisotopic (exact) mass is 332 g/mol. The number of rotatable bonds is 3. The molecule has 2 heterocycles. The first-order chi connectivity index (χ1) is 12.1. The van der Waals surface area contributed by atoms with Crippen LogP contribution in [0.2, 0.25) is 0 Å². The Labute approximate surface area is 146 Å². The second-order valence-electron chi connectivity index (χ2n) is 6.61. The Morgan fingerprint density at radius 1 is 1.20 bits per heavy atom. The number of pyridine rings is 1. The molecule has 2 aromatic carbocycles. The highest BCUT2D eigenvalue weighted by Gasteiger charge is 2.24. The Hall–Kier alpha value is -2.88. The minimum atomic E-state index is -0.346. The van der Waals surface area contributed by atoms with E-state index in [1.165, 1.54) is 5.56 Å². The number of benzene rings is 2. The van der Waals surface area contributed by atoms with E-state index in [1.807, 2.05) is 43.3 Å². The topological polar surface area (TPSA) is 51.1 Å². The smallest absolute Gasteiger partial charge is 0.261 e. The molecule has 1 aliphatic heterocycles. The summed E-state index contributed by atoms with van der Waals surface area (Å²) in [5.74, 6) is -0.346. The van der Waals surface area contributed by atoms with Gasteiger partial charge in [0.1, 0.15) is 5.56 Å². The van der Waals surface area contributed by atoms with Gasteiger partial charge in [0.05, 0.1) is 5.52 Å². The summed E-state index contributed by atoms with van der Waals surface area (Å²) >= 11 is 0. The van der Waals surface area contributed by atoms with Crippen LogP contribution in [0.3, 0.4) is 0 Å². The SMILES string of the molecule is CCc1ccccc1NC(=O)c1cn2c3c(cccc3c1=O)C[C@@H]2C. The molecule has 1 aromatic heterocycles. The van der Waals surface area contributed by atoms with Crippen molar-refractivity contribution in [3.8, 4) is 0 Å². The molecule has 1 atom stereocenters. The molecule has 4 heteroatoms. The fourth-order valence-corrected chi connectivity index (χ4v) is 3.72. The maximum Gasteiger partial charge on any atom is 0.261 e. The van der Waals surface area contributed by atoms with Gasteiger partial charge in [-0.15, -0.1) is 0 Å². The number of hydrogen-bond donors (Lipinski definition) is 1. The van der Waals surface area contributed by atoms with Crippen LogP contribution in [0.4, 0.5) is 5.69 Å². The first kappa shape index (κ1) is 15.6. The van der Waals surface area contributed by atoms with Crippen molar-refractivity contribution in [1.29, 1.82) is 0 Å². The molecular weight excluding hydrogens is 312 g/mol. The van der Waals surface area contributed by atoms with Gasteiger partial charge in [0.15, 0.2) is 0 Å². The summed E-state index contributed by atoms with van der Waals surface area (Å²) in [7, 11) is 0. The quantitative estimate of drug-likeness (QED) is 0.790. The highest BCUT2D eigenvalue weighted by atomic mass is 16.2. The summed E-state index contributed by atoms with van der Waals surface area (Å²) in [4.78, 5) is 25.7. The lowest BCUT2D eigenvalue weighted by atomic mass is 10.1. The number of anilines is 1. The molecule has 0 fully saturated rings. The van der Waals surface area contributed by atoms with Crippen molar-refractivity contribution in [2.24, 2.45) is 0 Å². The third-order valence-electron chi connectivity index (χ3n) is 5.02. The summed E-state index contributed by atoms with van der Waals surface area (Å²) in [5, 5.41) is 3.54. The van der Waals surface area contributed by atoms with Gasteiger partial charge in [0, 0.05) is 23.3 Å². The predicted molar refractivity (Wildman–Crippen MR) is 100 cm³/mol. The summed E-state index contributed by atoms with van der Waals surface area (Å²) in [6, 6.07) is 13.7. The summed E-state index contributed by atoms with van der Waals surface area (Å²) in [6.07, 6.45) is 3.43. The van der Waals surface area contributed by atoms with E-state index in [0.717, 1.165) is 29.6 Å². The van der Waals surface area contributed by atoms with E-state index in [9.17, 15) is 9.59 Å². The average Bonchev–Trinajstić information content (AvgIpc) is 2.94. The van der Waals surface area contributed by atoms with Gasteiger partial charge in [-0.25, -0.2) is 0 Å². The zero-order valence-electron chi connectivity index (χ0n) is 14.4. The van der Waals surface area contributed by atoms with Crippen molar-refractivity contribution in [2.45, 2.75) is 32.7 Å². The number of para-hydroxylation sites is 2. The third kappa shape index (κ3) is 2.45. The molecule has 0 spiro atoms. The van der Waals surface area contributed by atoms with Crippen LogP contribution in [-0.4, -0.2) is 10.5 Å². The van der Waals surface area contributed by atoms with Crippen molar-refractivity contribution in [3.05, 3.63) is 75.6 Å². The van der Waals surface area contributed by atoms with Gasteiger partial charge < -0.3 is 9.88 Å². The molecule has 0 bridgehead atoms. The molecule has 4 nitrogen and oxygen atoms in total. The molecule has 4 rings (SSSR count). The number of carbonyl (C=O) groups excluding carboxylic acids is 1. The number of amides is 1. The molecule has 0 unspecified atom stereocenters. The van der Waals surface area contributed by atoms with Gasteiger partial charge in [-0.2, -0.15) is 0 Å². The minimum absolute atomic E-state index is 0.198. The van der Waals surface area contributed by atoms with Crippen molar-refractivity contribution < 1.29 is 4.79 Å². The van der Waals surface area contributed by atoms with Gasteiger partial charge in [0.25, 0.3) is 5.91 Å². The van der Waals surface area contributed by atoms with Gasteiger partial charge in [-0.3, -0.25) is 9.59 Å². The fraction of sp³-hybridized carbons (Fsp3) is 0.238. The van der Waals surface area contributed by atoms with Crippen molar-refractivity contribution in [2.75, 3.05) is 5.32 Å². The van der Waals surface area contributed by atoms with Crippen LogP contribution in [0.15, 0.2) is 53.5 Å². The Morgan fingerprint density at radius 2 is 2.00 bits per heavy atom. The minimum Gasteiger partial charge on any atom is -0.343 e. The lowest BCUT2D eigenvalue weighted by Crippen LogP contribution is -2.24. The van der Waals surface area contributed by atoms with Crippen LogP contribution in [0, 0.1) is 0 Å². The van der Waals surface area contributed by atoms with Gasteiger partial charge in [-0.1, -0.05) is 37.3 Å². The van der Waals surface area contributed by atoms with Crippen LogP contribution in [-0.2, 0) is 12.8 Å². The van der Waals surface area contributed by atoms with Crippen LogP contribution in [0.1, 0.15) is 41.4 Å². The average molecular weight is 332 g/mol. The zero-order chi connectivity index (χ0) is 17.6.